The Morgan fingerprint density at radius 2 is 1.88 bits per heavy atom. The third-order valence-corrected chi connectivity index (χ3v) is 3.05. The highest BCUT2D eigenvalue weighted by Crippen LogP contribution is 2.27. The Bertz CT molecular complexity index is 370. The van der Waals surface area contributed by atoms with Crippen molar-refractivity contribution in [2.45, 2.75) is 20.8 Å². The molecule has 0 bridgehead atoms. The summed E-state index contributed by atoms with van der Waals surface area (Å²) in [6, 6.07) is 0. The molecule has 0 fully saturated rings. The molecule has 0 aromatic carbocycles. The van der Waals surface area contributed by atoms with Crippen LogP contribution in [0.3, 0.4) is 0 Å². The zero-order valence-electron chi connectivity index (χ0n) is 10.4. The fraction of sp³-hybridized carbons (Fsp3) is 0.636. The summed E-state index contributed by atoms with van der Waals surface area (Å²) in [6.45, 7) is 7.56. The highest BCUT2D eigenvalue weighted by Gasteiger charge is 2.17. The van der Waals surface area contributed by atoms with Gasteiger partial charge >= 0.3 is 0 Å². The summed E-state index contributed by atoms with van der Waals surface area (Å²) in [7, 11) is 0. The highest BCUT2D eigenvalue weighted by molar-refractivity contribution is 9.10. The van der Waals surface area contributed by atoms with Crippen LogP contribution in [-0.4, -0.2) is 34.8 Å². The monoisotopic (exact) mass is 302 g/mol. The molecule has 1 heterocycles. The molecule has 1 aromatic rings. The average Bonchev–Trinajstić information content (AvgIpc) is 2.31. The molecule has 0 spiro atoms. The van der Waals surface area contributed by atoms with Crippen LogP contribution >= 0.6 is 15.9 Å². The van der Waals surface area contributed by atoms with Crippen LogP contribution in [0.5, 0.6) is 0 Å². The molecule has 0 aliphatic rings. The lowest BCUT2D eigenvalue weighted by molar-refractivity contribution is 0.170. The molecule has 96 valence electrons. The Hall–Kier alpha value is -0.880. The summed E-state index contributed by atoms with van der Waals surface area (Å²) in [5, 5.41) is 15.5. The number of halogens is 1. The molecule has 3 N–H and O–H groups in total. The number of hydrogen-bond acceptors (Lipinski definition) is 5. The minimum atomic E-state index is -0.178. The Morgan fingerprint density at radius 3 is 2.41 bits per heavy atom. The fourth-order valence-corrected chi connectivity index (χ4v) is 1.65. The number of hydrogen-bond donors (Lipinski definition) is 3. The molecule has 17 heavy (non-hydrogen) atoms. The van der Waals surface area contributed by atoms with Gasteiger partial charge < -0.3 is 15.7 Å². The molecule has 0 radical (unpaired) electrons. The van der Waals surface area contributed by atoms with Gasteiger partial charge in [-0.3, -0.25) is 0 Å². The van der Waals surface area contributed by atoms with Gasteiger partial charge in [0.15, 0.2) is 0 Å². The standard InChI is InChI=1S/C11H19BrN4O/c1-4-13-9-8(12)10(16-7-15-9)14-5-11(2,3)6-17/h7,17H,4-6H2,1-3H3,(H2,13,14,15,16). The lowest BCUT2D eigenvalue weighted by atomic mass is 9.95. The zero-order chi connectivity index (χ0) is 12.9. The van der Waals surface area contributed by atoms with E-state index < -0.39 is 0 Å². The van der Waals surface area contributed by atoms with Crippen molar-refractivity contribution in [3.63, 3.8) is 0 Å². The van der Waals surface area contributed by atoms with Crippen molar-refractivity contribution in [3.05, 3.63) is 10.8 Å². The summed E-state index contributed by atoms with van der Waals surface area (Å²) in [4.78, 5) is 8.30. The lowest BCUT2D eigenvalue weighted by Crippen LogP contribution is -2.27. The maximum Gasteiger partial charge on any atom is 0.145 e. The molecule has 0 unspecified atom stereocenters. The van der Waals surface area contributed by atoms with Crippen LogP contribution in [0.2, 0.25) is 0 Å². The zero-order valence-corrected chi connectivity index (χ0v) is 12.0. The predicted octanol–water partition coefficient (Wildman–Crippen LogP) is 2.10. The molecule has 0 saturated carbocycles. The van der Waals surface area contributed by atoms with Gasteiger partial charge in [-0.2, -0.15) is 0 Å². The predicted molar refractivity (Wildman–Crippen MR) is 73.3 cm³/mol. The number of aliphatic hydroxyl groups excluding tert-OH is 1. The van der Waals surface area contributed by atoms with Gasteiger partial charge in [0, 0.05) is 25.1 Å². The maximum absolute atomic E-state index is 9.18. The van der Waals surface area contributed by atoms with Gasteiger partial charge in [0.05, 0.1) is 0 Å². The molecular weight excluding hydrogens is 284 g/mol. The van der Waals surface area contributed by atoms with E-state index >= 15 is 0 Å². The molecule has 6 heteroatoms. The minimum Gasteiger partial charge on any atom is -0.396 e. The van der Waals surface area contributed by atoms with E-state index in [-0.39, 0.29) is 12.0 Å². The van der Waals surface area contributed by atoms with E-state index in [9.17, 15) is 5.11 Å². The normalized spacial score (nSPS) is 11.4. The summed E-state index contributed by atoms with van der Waals surface area (Å²) in [6.07, 6.45) is 1.51. The van der Waals surface area contributed by atoms with E-state index in [0.717, 1.165) is 22.7 Å². The second kappa shape index (κ2) is 6.16. The van der Waals surface area contributed by atoms with Crippen LogP contribution in [0.25, 0.3) is 0 Å². The van der Waals surface area contributed by atoms with Crippen LogP contribution in [0.15, 0.2) is 10.8 Å². The van der Waals surface area contributed by atoms with Crippen LogP contribution < -0.4 is 10.6 Å². The van der Waals surface area contributed by atoms with Gasteiger partial charge in [0.25, 0.3) is 0 Å². The fourth-order valence-electron chi connectivity index (χ4n) is 1.16. The van der Waals surface area contributed by atoms with Crippen molar-refractivity contribution in [2.24, 2.45) is 5.41 Å². The van der Waals surface area contributed by atoms with Crippen LogP contribution in [0.4, 0.5) is 11.6 Å². The van der Waals surface area contributed by atoms with E-state index in [1.807, 2.05) is 20.8 Å². The van der Waals surface area contributed by atoms with Crippen LogP contribution in [0, 0.1) is 5.41 Å². The van der Waals surface area contributed by atoms with Gasteiger partial charge in [-0.1, -0.05) is 13.8 Å². The highest BCUT2D eigenvalue weighted by atomic mass is 79.9. The molecule has 0 atom stereocenters. The largest absolute Gasteiger partial charge is 0.396 e. The molecule has 0 saturated heterocycles. The number of nitrogens with zero attached hydrogens (tertiary/aromatic N) is 2. The average molecular weight is 303 g/mol. The maximum atomic E-state index is 9.18. The lowest BCUT2D eigenvalue weighted by Gasteiger charge is -2.22. The SMILES string of the molecule is CCNc1ncnc(NCC(C)(C)CO)c1Br. The first kappa shape index (κ1) is 14.2. The molecule has 5 nitrogen and oxygen atoms in total. The first-order valence-electron chi connectivity index (χ1n) is 5.59. The van der Waals surface area contributed by atoms with Crippen LogP contribution in [0.1, 0.15) is 20.8 Å². The first-order chi connectivity index (χ1) is 8.00. The van der Waals surface area contributed by atoms with Gasteiger partial charge in [-0.15, -0.1) is 0 Å². The van der Waals surface area contributed by atoms with Crippen molar-refractivity contribution in [2.75, 3.05) is 30.3 Å². The van der Waals surface area contributed by atoms with E-state index in [4.69, 9.17) is 0 Å². The first-order valence-corrected chi connectivity index (χ1v) is 6.38. The van der Waals surface area contributed by atoms with Crippen LogP contribution in [-0.2, 0) is 0 Å². The van der Waals surface area contributed by atoms with Gasteiger partial charge in [-0.05, 0) is 22.9 Å². The number of nitrogens with one attached hydrogen (secondary N) is 2. The van der Waals surface area contributed by atoms with Crippen molar-refractivity contribution in [1.82, 2.24) is 9.97 Å². The topological polar surface area (TPSA) is 70.1 Å². The number of anilines is 2. The van der Waals surface area contributed by atoms with E-state index in [1.54, 1.807) is 0 Å². The smallest absolute Gasteiger partial charge is 0.145 e. The summed E-state index contributed by atoms with van der Waals surface area (Å²) in [5.41, 5.74) is -0.178. The Morgan fingerprint density at radius 1 is 1.29 bits per heavy atom. The summed E-state index contributed by atoms with van der Waals surface area (Å²) >= 11 is 3.46. The van der Waals surface area contributed by atoms with E-state index in [0.29, 0.717) is 6.54 Å². The number of aromatic nitrogens is 2. The number of aliphatic hydroxyl groups is 1. The molecule has 1 aromatic heterocycles. The Kier molecular flexibility index (Phi) is 5.14. The van der Waals surface area contributed by atoms with Gasteiger partial charge in [0.1, 0.15) is 22.4 Å². The molecule has 0 amide bonds. The molecule has 1 rings (SSSR count). The van der Waals surface area contributed by atoms with Gasteiger partial charge in [0.2, 0.25) is 0 Å². The summed E-state index contributed by atoms with van der Waals surface area (Å²) in [5.74, 6) is 1.50. The summed E-state index contributed by atoms with van der Waals surface area (Å²) < 4.78 is 0.815. The third-order valence-electron chi connectivity index (χ3n) is 2.30. The Labute approximate surface area is 110 Å². The van der Waals surface area contributed by atoms with E-state index in [1.165, 1.54) is 6.33 Å². The van der Waals surface area contributed by atoms with Gasteiger partial charge in [-0.25, -0.2) is 9.97 Å². The van der Waals surface area contributed by atoms with Crippen molar-refractivity contribution < 1.29 is 5.11 Å². The van der Waals surface area contributed by atoms with E-state index in [2.05, 4.69) is 36.5 Å². The van der Waals surface area contributed by atoms with Crippen molar-refractivity contribution >= 4 is 27.6 Å². The molecule has 0 aliphatic heterocycles. The van der Waals surface area contributed by atoms with Crippen molar-refractivity contribution in [3.8, 4) is 0 Å². The Balaban J connectivity index is 2.75. The quantitative estimate of drug-likeness (QED) is 0.751. The molecular formula is C11H19BrN4O. The minimum absolute atomic E-state index is 0.128. The molecule has 0 aliphatic carbocycles. The number of rotatable bonds is 6. The second-order valence-electron chi connectivity index (χ2n) is 4.59. The third kappa shape index (κ3) is 4.12. The van der Waals surface area contributed by atoms with Crippen molar-refractivity contribution in [1.29, 1.82) is 0 Å². The second-order valence-corrected chi connectivity index (χ2v) is 5.38.